The van der Waals surface area contributed by atoms with Crippen molar-refractivity contribution in [3.05, 3.63) is 0 Å². The first kappa shape index (κ1) is 43.9. The van der Waals surface area contributed by atoms with Crippen LogP contribution in [0.3, 0.4) is 0 Å². The van der Waals surface area contributed by atoms with E-state index in [1.807, 2.05) is 0 Å². The van der Waals surface area contributed by atoms with Crippen molar-refractivity contribution in [1.82, 2.24) is 0 Å². The maximum Gasteiger partial charge on any atom is 0.460 e. The van der Waals surface area contributed by atoms with E-state index in [4.69, 9.17) is 4.55 Å². The van der Waals surface area contributed by atoms with Crippen LogP contribution in [-0.2, 0) is 10.1 Å². The van der Waals surface area contributed by atoms with Crippen LogP contribution in [0.25, 0.3) is 0 Å². The van der Waals surface area contributed by atoms with Crippen molar-refractivity contribution in [3.63, 3.8) is 0 Å². The topological polar surface area (TPSA) is 54.4 Å². The molecule has 0 unspecified atom stereocenters. The van der Waals surface area contributed by atoms with Gasteiger partial charge in [-0.1, -0.05) is 0 Å². The molecule has 0 amide bonds. The summed E-state index contributed by atoms with van der Waals surface area (Å²) in [4.78, 5) is 0. The van der Waals surface area contributed by atoms with Crippen molar-refractivity contribution in [2.24, 2.45) is 0 Å². The van der Waals surface area contributed by atoms with Gasteiger partial charge in [0, 0.05) is 51.4 Å². The van der Waals surface area contributed by atoms with Gasteiger partial charge in [-0.05, 0) is 0 Å². The van der Waals surface area contributed by atoms with Crippen LogP contribution in [0, 0.1) is 0 Å². The summed E-state index contributed by atoms with van der Waals surface area (Å²) in [7, 11) is -8.24. The van der Waals surface area contributed by atoms with Crippen LogP contribution < -0.4 is 0 Å². The summed E-state index contributed by atoms with van der Waals surface area (Å²) in [5.41, 5.74) is 0. The number of hydrogen-bond acceptors (Lipinski definition) is 2. The van der Waals surface area contributed by atoms with Crippen LogP contribution >= 0.6 is 0 Å². The van der Waals surface area contributed by atoms with Gasteiger partial charge in [0.1, 0.15) is 0 Å². The zero-order valence-corrected chi connectivity index (χ0v) is 22.1. The zero-order chi connectivity index (χ0) is 34.5. The minimum Gasteiger partial charge on any atom is -0.281 e. The van der Waals surface area contributed by atoms with Gasteiger partial charge in [0.15, 0.2) is 0 Å². The molecule has 1 radical (unpaired) electrons. The van der Waals surface area contributed by atoms with Crippen molar-refractivity contribution in [1.29, 1.82) is 0 Å². The third-order valence-electron chi connectivity index (χ3n) is 4.59. The normalized spacial score (nSPS) is 16.8. The van der Waals surface area contributed by atoms with Crippen LogP contribution in [0.4, 0.5) is 110 Å². The van der Waals surface area contributed by atoms with Gasteiger partial charge < -0.3 is 0 Å². The molecule has 0 spiro atoms. The number of rotatable bonds is 11. The van der Waals surface area contributed by atoms with E-state index in [1.165, 1.54) is 0 Å². The Hall–Kier alpha value is -0.204. The van der Waals surface area contributed by atoms with E-state index in [-0.39, 0.29) is 51.4 Å². The van der Waals surface area contributed by atoms with E-state index in [2.05, 4.69) is 0 Å². The second kappa shape index (κ2) is 10.7. The molecule has 0 rings (SSSR count). The predicted octanol–water partition coefficient (Wildman–Crippen LogP) is 7.00. The van der Waals surface area contributed by atoms with Gasteiger partial charge in [-0.2, -0.15) is 118 Å². The van der Waals surface area contributed by atoms with E-state index in [0.717, 1.165) is 0 Å². The molecule has 0 aromatic heterocycles. The minimum absolute atomic E-state index is 0. The fourth-order valence-electron chi connectivity index (χ4n) is 2.10. The van der Waals surface area contributed by atoms with Crippen molar-refractivity contribution in [2.75, 3.05) is 0 Å². The Morgan fingerprint density at radius 3 is 0.595 bits per heavy atom. The first-order valence-corrected chi connectivity index (χ1v) is 9.63. The summed E-state index contributed by atoms with van der Waals surface area (Å²) in [5.74, 6) is -94.0. The van der Waals surface area contributed by atoms with E-state index >= 15 is 0 Å². The van der Waals surface area contributed by atoms with E-state index < -0.39 is 80.8 Å². The largest absolute Gasteiger partial charge is 0.460 e. The van der Waals surface area contributed by atoms with Gasteiger partial charge in [0.25, 0.3) is 0 Å². The molecule has 0 bridgehead atoms. The van der Waals surface area contributed by atoms with Crippen molar-refractivity contribution in [3.8, 4) is 0 Å². The summed E-state index contributed by atoms with van der Waals surface area (Å²) in [5, 5.41) is -8.22. The Morgan fingerprint density at radius 1 is 0.310 bits per heavy atom. The molecule has 1 N–H and O–H groups in total. The average molecular weight is 739 g/mol. The third-order valence-corrected chi connectivity index (χ3v) is 5.50. The molecule has 42 heavy (non-hydrogen) atoms. The molecule has 0 saturated heterocycles. The monoisotopic (exact) mass is 739 g/mol. The van der Waals surface area contributed by atoms with Gasteiger partial charge in [-0.25, -0.2) is 0 Å². The molecule has 0 saturated carbocycles. The van der Waals surface area contributed by atoms with Gasteiger partial charge in [-0.3, -0.25) is 4.55 Å². The molecule has 0 fully saturated rings. The smallest absolute Gasteiger partial charge is 0.281 e. The average Bonchev–Trinajstić information content (AvgIpc) is 2.70. The standard InChI is InChI=1S/C12HF25O3S.K/c13-1(14,3(17,18)5(21,22)7(25,26)9(29,30)11(33,34)35)2(15,16)4(19,20)6(23,24)8(27,28)10(31,32)12(36,37)41(38,39)40;/h(H,38,39,40);. The maximum absolute atomic E-state index is 13.5. The van der Waals surface area contributed by atoms with Gasteiger partial charge in [0.2, 0.25) is 0 Å². The Balaban J connectivity index is 0. The van der Waals surface area contributed by atoms with Crippen LogP contribution in [0.2, 0.25) is 0 Å². The molecular formula is C12HF25KO3S. The molecule has 0 aliphatic carbocycles. The first-order chi connectivity index (χ1) is 17.0. The molecule has 0 aliphatic heterocycles. The van der Waals surface area contributed by atoms with Crippen LogP contribution in [0.1, 0.15) is 0 Å². The zero-order valence-electron chi connectivity index (χ0n) is 18.1. The summed E-state index contributed by atoms with van der Waals surface area (Å²) in [6, 6.07) is 0. The second-order valence-electron chi connectivity index (χ2n) is 7.23. The van der Waals surface area contributed by atoms with E-state index in [9.17, 15) is 118 Å². The fourth-order valence-corrected chi connectivity index (χ4v) is 2.55. The Kier molecular flexibility index (Phi) is 11.2. The maximum atomic E-state index is 13.5. The van der Waals surface area contributed by atoms with Gasteiger partial charge in [0.05, 0.1) is 0 Å². The predicted molar refractivity (Wildman–Crippen MR) is 77.8 cm³/mol. The third kappa shape index (κ3) is 5.15. The Bertz CT molecular complexity index is 1100. The van der Waals surface area contributed by atoms with Crippen molar-refractivity contribution >= 4 is 61.5 Å². The Morgan fingerprint density at radius 2 is 0.452 bits per heavy atom. The van der Waals surface area contributed by atoms with E-state index in [1.54, 1.807) is 0 Å². The number of halogens is 25. The van der Waals surface area contributed by atoms with Crippen LogP contribution in [0.5, 0.6) is 0 Å². The second-order valence-corrected chi connectivity index (χ2v) is 8.70. The minimum atomic E-state index is -9.76. The molecule has 0 aliphatic rings. The van der Waals surface area contributed by atoms with Crippen molar-refractivity contribution in [2.45, 2.75) is 70.7 Å². The molecule has 30 heteroatoms. The van der Waals surface area contributed by atoms with Gasteiger partial charge >= 0.3 is 80.8 Å². The van der Waals surface area contributed by atoms with Crippen LogP contribution in [-0.4, -0.2) is 135 Å². The fraction of sp³-hybridized carbons (Fsp3) is 1.00. The SMILES string of the molecule is O=S(=O)(O)C(F)(F)C(F)(F)C(F)(F)C(F)(F)C(F)(F)C(F)(F)C(F)(F)C(F)(F)C(F)(F)C(F)(F)C(F)(F)C(F)(F)F.[K]. The molecule has 0 heterocycles. The summed E-state index contributed by atoms with van der Waals surface area (Å²) >= 11 is 0. The molecule has 0 aromatic rings. The van der Waals surface area contributed by atoms with E-state index in [0.29, 0.717) is 0 Å². The van der Waals surface area contributed by atoms with Gasteiger partial charge in [-0.15, -0.1) is 0 Å². The molecular weight excluding hydrogens is 738 g/mol. The quantitative estimate of drug-likeness (QED) is 0.141. The Labute approximate surface area is 253 Å². The van der Waals surface area contributed by atoms with Crippen LogP contribution in [0.15, 0.2) is 0 Å². The first-order valence-electron chi connectivity index (χ1n) is 8.19. The molecule has 3 nitrogen and oxygen atoms in total. The number of hydrogen-bond donors (Lipinski definition) is 1. The summed E-state index contributed by atoms with van der Waals surface area (Å²) in [6.45, 7) is 0. The molecule has 0 atom stereocenters. The summed E-state index contributed by atoms with van der Waals surface area (Å²) in [6.07, 6.45) is -8.23. The number of alkyl halides is 25. The summed E-state index contributed by atoms with van der Waals surface area (Å²) < 4.78 is 355. The molecule has 0 aromatic carbocycles. The molecule has 249 valence electrons. The van der Waals surface area contributed by atoms with Crippen molar-refractivity contribution < 1.29 is 123 Å².